The summed E-state index contributed by atoms with van der Waals surface area (Å²) >= 11 is 7.10. The molecule has 2 aromatic heterocycles. The fourth-order valence-corrected chi connectivity index (χ4v) is 2.35. The van der Waals surface area contributed by atoms with Gasteiger partial charge in [-0.25, -0.2) is 4.98 Å². The minimum Gasteiger partial charge on any atom is -0.481 e. The Morgan fingerprint density at radius 2 is 2.14 bits per heavy atom. The van der Waals surface area contributed by atoms with E-state index < -0.39 is 0 Å². The van der Waals surface area contributed by atoms with Crippen molar-refractivity contribution >= 4 is 23.4 Å². The molecule has 0 unspecified atom stereocenters. The molecule has 0 bridgehead atoms. The fraction of sp³-hybridized carbons (Fsp3) is 0.0769. The molecule has 3 aromatic rings. The Kier molecular flexibility index (Phi) is 4.03. The zero-order valence-corrected chi connectivity index (χ0v) is 12.4. The van der Waals surface area contributed by atoms with E-state index >= 15 is 0 Å². The van der Waals surface area contributed by atoms with Crippen LogP contribution in [0.15, 0.2) is 51.3 Å². The molecule has 2 heterocycles. The number of ether oxygens (including phenoxy) is 1. The maximum Gasteiger partial charge on any atom is 0.284 e. The summed E-state index contributed by atoms with van der Waals surface area (Å²) in [6.45, 7) is 0. The fourth-order valence-electron chi connectivity index (χ4n) is 1.56. The number of aromatic nitrogens is 4. The molecule has 0 aliphatic heterocycles. The molecule has 0 saturated carbocycles. The van der Waals surface area contributed by atoms with E-state index in [1.165, 1.54) is 0 Å². The van der Waals surface area contributed by atoms with Crippen molar-refractivity contribution in [1.82, 2.24) is 20.2 Å². The van der Waals surface area contributed by atoms with Crippen molar-refractivity contribution < 1.29 is 9.15 Å². The van der Waals surface area contributed by atoms with Crippen LogP contribution in [0.1, 0.15) is 0 Å². The van der Waals surface area contributed by atoms with Gasteiger partial charge in [0.2, 0.25) is 11.8 Å². The molecule has 0 aliphatic rings. The Morgan fingerprint density at radius 3 is 2.95 bits per heavy atom. The Balaban J connectivity index is 1.81. The van der Waals surface area contributed by atoms with Crippen LogP contribution >= 0.6 is 23.4 Å². The number of hydrogen-bond donors (Lipinski definition) is 0. The molecule has 0 spiro atoms. The number of nitrogens with zero attached hydrogens (tertiary/aromatic N) is 4. The molecular formula is C13H9ClN4O2S. The van der Waals surface area contributed by atoms with Gasteiger partial charge in [0.05, 0.1) is 7.11 Å². The number of benzene rings is 1. The highest BCUT2D eigenvalue weighted by atomic mass is 35.5. The summed E-state index contributed by atoms with van der Waals surface area (Å²) in [6.07, 6.45) is 1.60. The van der Waals surface area contributed by atoms with E-state index in [2.05, 4.69) is 20.2 Å². The smallest absolute Gasteiger partial charge is 0.284 e. The van der Waals surface area contributed by atoms with E-state index in [1.807, 2.05) is 12.1 Å². The Labute approximate surface area is 129 Å². The van der Waals surface area contributed by atoms with Crippen LogP contribution in [0.4, 0.5) is 0 Å². The number of methoxy groups -OCH3 is 1. The van der Waals surface area contributed by atoms with Gasteiger partial charge >= 0.3 is 0 Å². The monoisotopic (exact) mass is 320 g/mol. The first-order chi connectivity index (χ1) is 10.2. The summed E-state index contributed by atoms with van der Waals surface area (Å²) < 4.78 is 10.6. The molecule has 0 saturated heterocycles. The van der Waals surface area contributed by atoms with Gasteiger partial charge in [-0.3, -0.25) is 0 Å². The van der Waals surface area contributed by atoms with Crippen LogP contribution in [-0.4, -0.2) is 27.3 Å². The van der Waals surface area contributed by atoms with Gasteiger partial charge in [-0.05, 0) is 18.2 Å². The van der Waals surface area contributed by atoms with Gasteiger partial charge < -0.3 is 9.15 Å². The van der Waals surface area contributed by atoms with Crippen LogP contribution in [0.25, 0.3) is 11.5 Å². The third kappa shape index (κ3) is 3.32. The lowest BCUT2D eigenvalue weighted by atomic mass is 10.2. The molecule has 8 heteroatoms. The van der Waals surface area contributed by atoms with Crippen molar-refractivity contribution in [2.75, 3.05) is 7.11 Å². The molecule has 0 atom stereocenters. The average molecular weight is 321 g/mol. The van der Waals surface area contributed by atoms with Gasteiger partial charge in [-0.1, -0.05) is 17.7 Å². The minimum absolute atomic E-state index is 0.346. The van der Waals surface area contributed by atoms with Crippen LogP contribution in [0.5, 0.6) is 5.88 Å². The summed E-state index contributed by atoms with van der Waals surface area (Å²) in [6, 6.07) is 8.86. The first-order valence-electron chi connectivity index (χ1n) is 5.89. The maximum absolute atomic E-state index is 5.94. The second kappa shape index (κ2) is 6.11. The zero-order valence-electron chi connectivity index (χ0n) is 10.9. The van der Waals surface area contributed by atoms with Gasteiger partial charge in [0.25, 0.3) is 5.22 Å². The van der Waals surface area contributed by atoms with Crippen molar-refractivity contribution in [2.24, 2.45) is 0 Å². The lowest BCUT2D eigenvalue weighted by molar-refractivity contribution is 0.392. The van der Waals surface area contributed by atoms with E-state index in [-0.39, 0.29) is 0 Å². The highest BCUT2D eigenvalue weighted by molar-refractivity contribution is 7.98. The summed E-state index contributed by atoms with van der Waals surface area (Å²) in [5.74, 6) is 0.866. The first kappa shape index (κ1) is 13.8. The number of rotatable bonds is 4. The normalized spacial score (nSPS) is 10.6. The molecule has 6 nitrogen and oxygen atoms in total. The quantitative estimate of drug-likeness (QED) is 0.682. The van der Waals surface area contributed by atoms with Crippen molar-refractivity contribution in [1.29, 1.82) is 0 Å². The molecule has 0 amide bonds. The Hall–Kier alpha value is -2.12. The third-order valence-corrected chi connectivity index (χ3v) is 3.43. The van der Waals surface area contributed by atoms with Crippen molar-refractivity contribution in [3.05, 3.63) is 41.6 Å². The summed E-state index contributed by atoms with van der Waals surface area (Å²) in [5.41, 5.74) is 0.758. The van der Waals surface area contributed by atoms with Gasteiger partial charge in [-0.2, -0.15) is 4.98 Å². The molecule has 106 valence electrons. The highest BCUT2D eigenvalue weighted by Gasteiger charge is 2.12. The van der Waals surface area contributed by atoms with Gasteiger partial charge in [0.15, 0.2) is 5.16 Å². The largest absolute Gasteiger partial charge is 0.481 e. The highest BCUT2D eigenvalue weighted by Crippen LogP contribution is 2.28. The van der Waals surface area contributed by atoms with E-state index in [0.29, 0.717) is 27.2 Å². The van der Waals surface area contributed by atoms with Crippen LogP contribution in [0.2, 0.25) is 5.02 Å². The van der Waals surface area contributed by atoms with E-state index in [1.54, 1.807) is 31.5 Å². The Morgan fingerprint density at radius 1 is 1.24 bits per heavy atom. The molecule has 21 heavy (non-hydrogen) atoms. The van der Waals surface area contributed by atoms with E-state index in [4.69, 9.17) is 20.8 Å². The lowest BCUT2D eigenvalue weighted by Gasteiger charge is -1.99. The summed E-state index contributed by atoms with van der Waals surface area (Å²) in [5, 5.41) is 9.36. The summed E-state index contributed by atoms with van der Waals surface area (Å²) in [4.78, 5) is 8.27. The van der Waals surface area contributed by atoms with Crippen LogP contribution < -0.4 is 4.74 Å². The molecule has 3 rings (SSSR count). The predicted molar refractivity (Wildman–Crippen MR) is 77.5 cm³/mol. The SMILES string of the molecule is COc1ccnc(Sc2nnc(-c3cccc(Cl)c3)o2)n1. The first-order valence-corrected chi connectivity index (χ1v) is 7.08. The van der Waals surface area contributed by atoms with Crippen molar-refractivity contribution in [2.45, 2.75) is 10.4 Å². The van der Waals surface area contributed by atoms with Crippen LogP contribution in [0.3, 0.4) is 0 Å². The second-order valence-corrected chi connectivity index (χ2v) is 5.22. The molecule has 0 N–H and O–H groups in total. The molecule has 1 aromatic carbocycles. The van der Waals surface area contributed by atoms with Gasteiger partial charge in [0, 0.05) is 34.6 Å². The maximum atomic E-state index is 5.94. The summed E-state index contributed by atoms with van der Waals surface area (Å²) in [7, 11) is 1.54. The standard InChI is InChI=1S/C13H9ClN4O2S/c1-19-10-5-6-15-12(16-10)21-13-18-17-11(20-13)8-3-2-4-9(14)7-8/h2-7H,1H3. The second-order valence-electron chi connectivity index (χ2n) is 3.87. The molecular weight excluding hydrogens is 312 g/mol. The van der Waals surface area contributed by atoms with Crippen molar-refractivity contribution in [3.8, 4) is 17.3 Å². The Bertz CT molecular complexity index is 765. The van der Waals surface area contributed by atoms with Gasteiger partial charge in [0.1, 0.15) is 0 Å². The van der Waals surface area contributed by atoms with Crippen LogP contribution in [0, 0.1) is 0 Å². The molecule has 0 radical (unpaired) electrons. The zero-order chi connectivity index (χ0) is 14.7. The molecule has 0 aliphatic carbocycles. The number of hydrogen-bond acceptors (Lipinski definition) is 7. The predicted octanol–water partition coefficient (Wildman–Crippen LogP) is 3.34. The van der Waals surface area contributed by atoms with Gasteiger partial charge in [-0.15, -0.1) is 10.2 Å². The van der Waals surface area contributed by atoms with Crippen LogP contribution in [-0.2, 0) is 0 Å². The topological polar surface area (TPSA) is 73.9 Å². The lowest BCUT2D eigenvalue weighted by Crippen LogP contribution is -1.90. The number of halogens is 1. The minimum atomic E-state index is 0.346. The third-order valence-electron chi connectivity index (χ3n) is 2.47. The molecule has 0 fully saturated rings. The van der Waals surface area contributed by atoms with Crippen molar-refractivity contribution in [3.63, 3.8) is 0 Å². The average Bonchev–Trinajstić information content (AvgIpc) is 2.96. The van der Waals surface area contributed by atoms with E-state index in [0.717, 1.165) is 17.3 Å². The van der Waals surface area contributed by atoms with E-state index in [9.17, 15) is 0 Å².